The average Bonchev–Trinajstić information content (AvgIpc) is 2.84. The normalized spacial score (nSPS) is 10.6. The molecular weight excluding hydrogens is 269 g/mol. The second kappa shape index (κ2) is 6.33. The zero-order chi connectivity index (χ0) is 13.7. The van der Waals surface area contributed by atoms with Gasteiger partial charge in [-0.25, -0.2) is 9.37 Å². The van der Waals surface area contributed by atoms with Crippen LogP contribution in [0.25, 0.3) is 11.4 Å². The Balaban J connectivity index is 1.91. The van der Waals surface area contributed by atoms with Crippen LogP contribution < -0.4 is 0 Å². The van der Waals surface area contributed by atoms with Crippen LogP contribution in [0.5, 0.6) is 0 Å². The standard InChI is InChI=1S/C12H12FN3O2S/c13-9-5-3-8(4-6-9)11-14-12(16-15-11)19-7-1-2-10(17)18/h3-6H,1-2,7H2,(H,17,18)(H,14,15,16). The lowest BCUT2D eigenvalue weighted by molar-refractivity contribution is -0.137. The van der Waals surface area contributed by atoms with Gasteiger partial charge < -0.3 is 5.11 Å². The van der Waals surface area contributed by atoms with Crippen LogP contribution in [0.4, 0.5) is 4.39 Å². The molecule has 0 spiro atoms. The molecule has 5 nitrogen and oxygen atoms in total. The predicted molar refractivity (Wildman–Crippen MR) is 69.4 cm³/mol. The Kier molecular flexibility index (Phi) is 4.51. The van der Waals surface area contributed by atoms with Gasteiger partial charge in [0.2, 0.25) is 5.16 Å². The van der Waals surface area contributed by atoms with Crippen LogP contribution in [-0.4, -0.2) is 32.0 Å². The molecule has 7 heteroatoms. The number of H-pyrrole nitrogens is 1. The molecule has 0 aliphatic rings. The highest BCUT2D eigenvalue weighted by Crippen LogP contribution is 2.20. The van der Waals surface area contributed by atoms with Crippen molar-refractivity contribution < 1.29 is 14.3 Å². The van der Waals surface area contributed by atoms with Gasteiger partial charge in [-0.2, -0.15) is 0 Å². The SMILES string of the molecule is O=C(O)CCCSc1n[nH]c(-c2ccc(F)cc2)n1. The van der Waals surface area contributed by atoms with E-state index in [0.29, 0.717) is 23.2 Å². The van der Waals surface area contributed by atoms with Crippen LogP contribution >= 0.6 is 11.8 Å². The minimum absolute atomic E-state index is 0.141. The molecule has 0 atom stereocenters. The number of carboxylic acid groups (broad SMARTS) is 1. The fraction of sp³-hybridized carbons (Fsp3) is 0.250. The molecule has 0 aliphatic heterocycles. The molecule has 0 bridgehead atoms. The lowest BCUT2D eigenvalue weighted by Gasteiger charge is -1.95. The summed E-state index contributed by atoms with van der Waals surface area (Å²) in [6.07, 6.45) is 0.711. The van der Waals surface area contributed by atoms with Gasteiger partial charge in [0.15, 0.2) is 5.82 Å². The first-order valence-electron chi connectivity index (χ1n) is 5.68. The van der Waals surface area contributed by atoms with Gasteiger partial charge in [0.1, 0.15) is 5.82 Å². The summed E-state index contributed by atoms with van der Waals surface area (Å²) in [6.45, 7) is 0. The van der Waals surface area contributed by atoms with Crippen molar-refractivity contribution in [2.75, 3.05) is 5.75 Å². The van der Waals surface area contributed by atoms with E-state index in [2.05, 4.69) is 15.2 Å². The Hall–Kier alpha value is -1.89. The quantitative estimate of drug-likeness (QED) is 0.628. The summed E-state index contributed by atoms with van der Waals surface area (Å²) in [5, 5.41) is 15.9. The molecule has 19 heavy (non-hydrogen) atoms. The zero-order valence-corrected chi connectivity index (χ0v) is 10.8. The largest absolute Gasteiger partial charge is 0.481 e. The second-order valence-electron chi connectivity index (χ2n) is 3.82. The van der Waals surface area contributed by atoms with E-state index in [0.717, 1.165) is 5.56 Å². The number of aliphatic carboxylic acids is 1. The van der Waals surface area contributed by atoms with Crippen molar-refractivity contribution in [2.24, 2.45) is 0 Å². The van der Waals surface area contributed by atoms with Crippen LogP contribution in [0.15, 0.2) is 29.4 Å². The molecule has 1 heterocycles. The highest BCUT2D eigenvalue weighted by Gasteiger charge is 2.06. The Bertz CT molecular complexity index is 556. The number of nitrogens with one attached hydrogen (secondary N) is 1. The lowest BCUT2D eigenvalue weighted by Crippen LogP contribution is -1.94. The van der Waals surface area contributed by atoms with Crippen molar-refractivity contribution in [3.05, 3.63) is 30.1 Å². The van der Waals surface area contributed by atoms with Gasteiger partial charge in [-0.1, -0.05) is 11.8 Å². The maximum absolute atomic E-state index is 12.8. The number of aromatic amines is 1. The first-order valence-corrected chi connectivity index (χ1v) is 6.66. The zero-order valence-electron chi connectivity index (χ0n) is 9.97. The van der Waals surface area contributed by atoms with E-state index in [-0.39, 0.29) is 12.2 Å². The van der Waals surface area contributed by atoms with Crippen molar-refractivity contribution in [3.8, 4) is 11.4 Å². The number of rotatable bonds is 6. The van der Waals surface area contributed by atoms with E-state index >= 15 is 0 Å². The number of hydrogen-bond donors (Lipinski definition) is 2. The number of thioether (sulfide) groups is 1. The van der Waals surface area contributed by atoms with Crippen molar-refractivity contribution in [3.63, 3.8) is 0 Å². The Labute approximate surface area is 113 Å². The maximum Gasteiger partial charge on any atom is 0.303 e. The highest BCUT2D eigenvalue weighted by molar-refractivity contribution is 7.99. The number of aromatic nitrogens is 3. The van der Waals surface area contributed by atoms with Crippen LogP contribution in [-0.2, 0) is 4.79 Å². The van der Waals surface area contributed by atoms with E-state index in [1.54, 1.807) is 12.1 Å². The van der Waals surface area contributed by atoms with E-state index in [4.69, 9.17) is 5.11 Å². The van der Waals surface area contributed by atoms with Gasteiger partial charge in [0, 0.05) is 17.7 Å². The molecule has 0 fully saturated rings. The van der Waals surface area contributed by atoms with Crippen LogP contribution in [0, 0.1) is 5.82 Å². The number of hydrogen-bond acceptors (Lipinski definition) is 4. The van der Waals surface area contributed by atoms with Crippen molar-refractivity contribution in [1.82, 2.24) is 15.2 Å². The molecule has 1 aromatic heterocycles. The third-order valence-corrected chi connectivity index (χ3v) is 3.28. The molecule has 2 N–H and O–H groups in total. The summed E-state index contributed by atoms with van der Waals surface area (Å²) in [5.74, 6) is 0.113. The van der Waals surface area contributed by atoms with Crippen LogP contribution in [0.3, 0.4) is 0 Å². The maximum atomic E-state index is 12.8. The summed E-state index contributed by atoms with van der Waals surface area (Å²) >= 11 is 1.39. The topological polar surface area (TPSA) is 78.9 Å². The van der Waals surface area contributed by atoms with Crippen molar-refractivity contribution >= 4 is 17.7 Å². The number of carboxylic acids is 1. The molecule has 0 aliphatic carbocycles. The van der Waals surface area contributed by atoms with Crippen molar-refractivity contribution in [2.45, 2.75) is 18.0 Å². The predicted octanol–water partition coefficient (Wildman–Crippen LogP) is 2.57. The minimum Gasteiger partial charge on any atom is -0.481 e. The molecule has 2 rings (SSSR count). The number of carbonyl (C=O) groups is 1. The van der Waals surface area contributed by atoms with E-state index < -0.39 is 5.97 Å². The first-order chi connectivity index (χ1) is 9.15. The molecule has 0 amide bonds. The number of nitrogens with zero attached hydrogens (tertiary/aromatic N) is 2. The summed E-state index contributed by atoms with van der Waals surface area (Å²) in [4.78, 5) is 14.6. The van der Waals surface area contributed by atoms with E-state index in [9.17, 15) is 9.18 Å². The van der Waals surface area contributed by atoms with Crippen LogP contribution in [0.1, 0.15) is 12.8 Å². The van der Waals surface area contributed by atoms with Gasteiger partial charge in [0.05, 0.1) is 0 Å². The fourth-order valence-corrected chi connectivity index (χ4v) is 2.17. The third kappa shape index (κ3) is 4.06. The second-order valence-corrected chi connectivity index (χ2v) is 4.88. The number of halogens is 1. The molecule has 0 saturated heterocycles. The molecular formula is C12H12FN3O2S. The van der Waals surface area contributed by atoms with Gasteiger partial charge in [0.25, 0.3) is 0 Å². The monoisotopic (exact) mass is 281 g/mol. The molecule has 0 saturated carbocycles. The van der Waals surface area contributed by atoms with Gasteiger partial charge in [-0.05, 0) is 30.7 Å². The Morgan fingerprint density at radius 3 is 2.79 bits per heavy atom. The summed E-state index contributed by atoms with van der Waals surface area (Å²) in [6, 6.07) is 5.96. The molecule has 0 unspecified atom stereocenters. The van der Waals surface area contributed by atoms with Gasteiger partial charge in [-0.15, -0.1) is 5.10 Å². The fourth-order valence-electron chi connectivity index (χ4n) is 1.43. The lowest BCUT2D eigenvalue weighted by atomic mass is 10.2. The van der Waals surface area contributed by atoms with Gasteiger partial charge in [-0.3, -0.25) is 9.89 Å². The summed E-state index contributed by atoms with van der Waals surface area (Å²) in [7, 11) is 0. The molecule has 1 aromatic carbocycles. The first kappa shape index (κ1) is 13.5. The Morgan fingerprint density at radius 1 is 1.37 bits per heavy atom. The van der Waals surface area contributed by atoms with E-state index in [1.165, 1.54) is 23.9 Å². The molecule has 2 aromatic rings. The van der Waals surface area contributed by atoms with Crippen LogP contribution in [0.2, 0.25) is 0 Å². The summed E-state index contributed by atoms with van der Waals surface area (Å²) < 4.78 is 12.8. The molecule has 0 radical (unpaired) electrons. The minimum atomic E-state index is -0.803. The third-order valence-electron chi connectivity index (χ3n) is 2.35. The Morgan fingerprint density at radius 2 is 2.11 bits per heavy atom. The number of benzene rings is 1. The van der Waals surface area contributed by atoms with Crippen molar-refractivity contribution in [1.29, 1.82) is 0 Å². The van der Waals surface area contributed by atoms with E-state index in [1.807, 2.05) is 0 Å². The average molecular weight is 281 g/mol. The smallest absolute Gasteiger partial charge is 0.303 e. The highest BCUT2D eigenvalue weighted by atomic mass is 32.2. The molecule has 100 valence electrons. The van der Waals surface area contributed by atoms with Gasteiger partial charge >= 0.3 is 5.97 Å². The summed E-state index contributed by atoms with van der Waals surface area (Å²) in [5.41, 5.74) is 0.756.